The number of halogens is 4. The lowest BCUT2D eigenvalue weighted by molar-refractivity contribution is -0.0929. The second-order valence-corrected chi connectivity index (χ2v) is 8.34. The number of aryl methyl sites for hydroxylation is 1. The van der Waals surface area contributed by atoms with E-state index in [-0.39, 0.29) is 24.2 Å². The van der Waals surface area contributed by atoms with E-state index in [4.69, 9.17) is 17.4 Å². The molecule has 200 valence electrons. The monoisotopic (exact) mass is 537 g/mol. The first-order chi connectivity index (χ1) is 17.5. The van der Waals surface area contributed by atoms with Crippen molar-refractivity contribution in [3.05, 3.63) is 87.5 Å². The largest absolute Gasteiger partial charge is 0.413 e. The summed E-state index contributed by atoms with van der Waals surface area (Å²) in [4.78, 5) is 12.9. The second kappa shape index (κ2) is 13.2. The number of rotatable bonds is 7. The predicted molar refractivity (Wildman–Crippen MR) is 142 cm³/mol. The molecule has 3 rings (SSSR count). The fourth-order valence-corrected chi connectivity index (χ4v) is 3.58. The van der Waals surface area contributed by atoms with Crippen molar-refractivity contribution in [2.45, 2.75) is 19.5 Å². The normalized spacial score (nSPS) is 13.7. The van der Waals surface area contributed by atoms with E-state index in [2.05, 4.69) is 21.5 Å². The van der Waals surface area contributed by atoms with E-state index in [0.29, 0.717) is 16.3 Å². The lowest BCUT2D eigenvalue weighted by Crippen LogP contribution is -2.26. The maximum Gasteiger partial charge on any atom is 0.413 e. The Morgan fingerprint density at radius 2 is 2.00 bits per heavy atom. The number of hydrogen-bond acceptors (Lipinski definition) is 6. The number of anilines is 1. The summed E-state index contributed by atoms with van der Waals surface area (Å²) in [6.07, 6.45) is 4.18. The SMILES string of the molecule is CN.CNCC1=CC(NC(=O)c2ccc(Cl)c(N(N)/C=C/c3cnn(C)c3C)c2)=CCC(C(F)(F)F)=C1. The third-order valence-corrected chi connectivity index (χ3v) is 5.74. The van der Waals surface area contributed by atoms with Crippen molar-refractivity contribution in [2.75, 3.05) is 25.6 Å². The zero-order valence-corrected chi connectivity index (χ0v) is 21.8. The van der Waals surface area contributed by atoms with Gasteiger partial charge >= 0.3 is 6.18 Å². The van der Waals surface area contributed by atoms with Crippen LogP contribution >= 0.6 is 11.6 Å². The Labute approximate surface area is 219 Å². The molecule has 1 aliphatic carbocycles. The molecule has 0 fully saturated rings. The molecule has 0 saturated heterocycles. The van der Waals surface area contributed by atoms with Crippen LogP contribution in [0.2, 0.25) is 5.02 Å². The van der Waals surface area contributed by atoms with Crippen molar-refractivity contribution in [3.63, 3.8) is 0 Å². The zero-order valence-electron chi connectivity index (χ0n) is 21.0. The van der Waals surface area contributed by atoms with E-state index >= 15 is 0 Å². The van der Waals surface area contributed by atoms with Gasteiger partial charge in [-0.15, -0.1) is 0 Å². The van der Waals surface area contributed by atoms with Gasteiger partial charge in [-0.25, -0.2) is 5.84 Å². The number of aromatic nitrogens is 2. The highest BCUT2D eigenvalue weighted by Gasteiger charge is 2.33. The van der Waals surface area contributed by atoms with E-state index in [0.717, 1.165) is 17.3 Å². The number of nitrogens with zero attached hydrogens (tertiary/aromatic N) is 3. The minimum atomic E-state index is -4.46. The molecule has 0 radical (unpaired) electrons. The van der Waals surface area contributed by atoms with Crippen LogP contribution in [0.5, 0.6) is 0 Å². The zero-order chi connectivity index (χ0) is 27.8. The number of hydrogen-bond donors (Lipinski definition) is 4. The molecule has 37 heavy (non-hydrogen) atoms. The van der Waals surface area contributed by atoms with Crippen molar-refractivity contribution >= 4 is 29.3 Å². The highest BCUT2D eigenvalue weighted by atomic mass is 35.5. The van der Waals surface area contributed by atoms with Gasteiger partial charge in [0.05, 0.1) is 16.9 Å². The molecule has 1 amide bonds. The Morgan fingerprint density at radius 3 is 2.59 bits per heavy atom. The number of likely N-dealkylation sites (N-methyl/N-ethyl adjacent to an activating group) is 1. The van der Waals surface area contributed by atoms with Crippen LogP contribution in [-0.4, -0.2) is 42.5 Å². The van der Waals surface area contributed by atoms with Gasteiger partial charge in [0.2, 0.25) is 0 Å². The number of carbonyl (C=O) groups is 1. The summed E-state index contributed by atoms with van der Waals surface area (Å²) < 4.78 is 41.5. The Morgan fingerprint density at radius 1 is 1.30 bits per heavy atom. The van der Waals surface area contributed by atoms with E-state index in [1.165, 1.54) is 42.4 Å². The number of hydrazine groups is 1. The second-order valence-electron chi connectivity index (χ2n) is 7.93. The third kappa shape index (κ3) is 8.05. The van der Waals surface area contributed by atoms with Crippen molar-refractivity contribution in [1.29, 1.82) is 0 Å². The van der Waals surface area contributed by atoms with Crippen LogP contribution in [-0.2, 0) is 7.05 Å². The average Bonchev–Trinajstić information content (AvgIpc) is 3.04. The first kappa shape index (κ1) is 29.8. The van der Waals surface area contributed by atoms with E-state index < -0.39 is 17.7 Å². The number of nitrogens with two attached hydrogens (primary N) is 2. The van der Waals surface area contributed by atoms with Gasteiger partial charge in [-0.05, 0) is 69.4 Å². The smallest absolute Gasteiger partial charge is 0.333 e. The Kier molecular flexibility index (Phi) is 10.7. The lowest BCUT2D eigenvalue weighted by Gasteiger charge is -2.17. The van der Waals surface area contributed by atoms with Gasteiger partial charge in [-0.2, -0.15) is 18.3 Å². The van der Waals surface area contributed by atoms with Crippen molar-refractivity contribution in [1.82, 2.24) is 20.4 Å². The summed E-state index contributed by atoms with van der Waals surface area (Å²) in [6, 6.07) is 4.55. The molecule has 2 aromatic rings. The van der Waals surface area contributed by atoms with Crippen molar-refractivity contribution in [3.8, 4) is 0 Å². The Hall–Kier alpha value is -3.38. The van der Waals surface area contributed by atoms with Gasteiger partial charge in [0.15, 0.2) is 0 Å². The van der Waals surface area contributed by atoms with Crippen LogP contribution in [0.15, 0.2) is 65.7 Å². The molecule has 0 spiro atoms. The fourth-order valence-electron chi connectivity index (χ4n) is 3.37. The maximum absolute atomic E-state index is 13.3. The number of alkyl halides is 3. The van der Waals surface area contributed by atoms with Gasteiger partial charge in [0.1, 0.15) is 0 Å². The van der Waals surface area contributed by atoms with E-state index in [9.17, 15) is 18.0 Å². The predicted octanol–water partition coefficient (Wildman–Crippen LogP) is 3.96. The number of carbonyl (C=O) groups excluding carboxylic acids is 1. The van der Waals surface area contributed by atoms with Gasteiger partial charge in [-0.3, -0.25) is 14.5 Å². The van der Waals surface area contributed by atoms with Gasteiger partial charge in [0, 0.05) is 47.9 Å². The highest BCUT2D eigenvalue weighted by molar-refractivity contribution is 6.33. The fraction of sp³-hybridized carbons (Fsp3) is 0.280. The van der Waals surface area contributed by atoms with E-state index in [1.807, 2.05) is 14.0 Å². The number of nitrogens with one attached hydrogen (secondary N) is 2. The molecule has 1 heterocycles. The number of allylic oxidation sites excluding steroid dienone is 3. The third-order valence-electron chi connectivity index (χ3n) is 5.42. The lowest BCUT2D eigenvalue weighted by atomic mass is 10.1. The number of benzene rings is 1. The van der Waals surface area contributed by atoms with Crippen molar-refractivity contribution < 1.29 is 18.0 Å². The van der Waals surface area contributed by atoms with Gasteiger partial charge in [-0.1, -0.05) is 17.7 Å². The first-order valence-electron chi connectivity index (χ1n) is 11.2. The minimum absolute atomic E-state index is 0.211. The Balaban J connectivity index is 0.00000235. The Bertz CT molecular complexity index is 1230. The van der Waals surface area contributed by atoms with E-state index in [1.54, 1.807) is 30.2 Å². The van der Waals surface area contributed by atoms with Crippen LogP contribution in [0, 0.1) is 6.92 Å². The minimum Gasteiger partial charge on any atom is -0.333 e. The standard InChI is InChI=1S/C24H26ClF3N6O.CH5N/c1-15-18(14-31-33(15)3)8-9-34(29)22-12-17(4-7-21(22)25)23(35)32-20-6-5-19(24(26,27)28)10-16(11-20)13-30-2;1-2/h4,6-12,14,30H,5,13,29H2,1-3H3,(H,32,35);2H2,1H3/b9-8+;. The van der Waals surface area contributed by atoms with Gasteiger partial charge in [0.25, 0.3) is 5.91 Å². The molecule has 8 nitrogen and oxygen atoms in total. The molecule has 0 bridgehead atoms. The molecule has 1 aromatic heterocycles. The maximum atomic E-state index is 13.3. The highest BCUT2D eigenvalue weighted by Crippen LogP contribution is 2.31. The molecule has 1 aromatic carbocycles. The summed E-state index contributed by atoms with van der Waals surface area (Å²) >= 11 is 6.29. The summed E-state index contributed by atoms with van der Waals surface area (Å²) in [7, 11) is 4.96. The van der Waals surface area contributed by atoms with Crippen molar-refractivity contribution in [2.24, 2.45) is 18.6 Å². The van der Waals surface area contributed by atoms with Crippen LogP contribution in [0.1, 0.15) is 28.0 Å². The first-order valence-corrected chi connectivity index (χ1v) is 11.6. The summed E-state index contributed by atoms with van der Waals surface area (Å²) in [5, 5.41) is 11.3. The summed E-state index contributed by atoms with van der Waals surface area (Å²) in [5.41, 5.74) is 6.89. The molecule has 12 heteroatoms. The van der Waals surface area contributed by atoms with Gasteiger partial charge < -0.3 is 16.4 Å². The molecular formula is C25H31ClF3N7O. The molecule has 1 aliphatic rings. The molecule has 0 unspecified atom stereocenters. The molecule has 6 N–H and O–H groups in total. The molecule has 0 saturated carbocycles. The van der Waals surface area contributed by atoms with Crippen LogP contribution in [0.25, 0.3) is 6.08 Å². The summed E-state index contributed by atoms with van der Waals surface area (Å²) in [5.74, 6) is 5.63. The average molecular weight is 538 g/mol. The topological polar surface area (TPSA) is 114 Å². The molecule has 0 aliphatic heterocycles. The molecular weight excluding hydrogens is 507 g/mol. The van der Waals surface area contributed by atoms with Crippen LogP contribution in [0.3, 0.4) is 0 Å². The number of amides is 1. The van der Waals surface area contributed by atoms with Crippen LogP contribution < -0.4 is 27.2 Å². The summed E-state index contributed by atoms with van der Waals surface area (Å²) in [6.45, 7) is 2.13. The molecule has 0 atom stereocenters. The quantitative estimate of drug-likeness (QED) is 0.314. The van der Waals surface area contributed by atoms with Crippen LogP contribution in [0.4, 0.5) is 18.9 Å².